The summed E-state index contributed by atoms with van der Waals surface area (Å²) in [6.45, 7) is 5.22. The topological polar surface area (TPSA) is 55.5 Å². The third-order valence-corrected chi connectivity index (χ3v) is 3.62. The molecular formula is C12H25NO2. The van der Waals surface area contributed by atoms with Crippen molar-refractivity contribution in [2.24, 2.45) is 17.6 Å². The molecule has 0 aromatic heterocycles. The molecule has 4 unspecified atom stereocenters. The van der Waals surface area contributed by atoms with Crippen LogP contribution in [0.25, 0.3) is 0 Å². The SMILES string of the molecule is CC(O)C(C)OCC1CCCCC1CN. The predicted octanol–water partition coefficient (Wildman–Crippen LogP) is 1.54. The van der Waals surface area contributed by atoms with Crippen molar-refractivity contribution in [1.82, 2.24) is 0 Å². The van der Waals surface area contributed by atoms with Crippen LogP contribution in [0, 0.1) is 11.8 Å². The molecule has 0 spiro atoms. The second-order valence-corrected chi connectivity index (χ2v) is 4.82. The highest BCUT2D eigenvalue weighted by molar-refractivity contribution is 4.76. The third-order valence-electron chi connectivity index (χ3n) is 3.62. The van der Waals surface area contributed by atoms with E-state index >= 15 is 0 Å². The second kappa shape index (κ2) is 6.46. The first-order chi connectivity index (χ1) is 7.15. The molecule has 3 heteroatoms. The van der Waals surface area contributed by atoms with Gasteiger partial charge < -0.3 is 15.6 Å². The first-order valence-electron chi connectivity index (χ1n) is 6.15. The van der Waals surface area contributed by atoms with Crippen LogP contribution in [0.3, 0.4) is 0 Å². The van der Waals surface area contributed by atoms with Gasteiger partial charge in [-0.3, -0.25) is 0 Å². The van der Waals surface area contributed by atoms with Crippen molar-refractivity contribution in [1.29, 1.82) is 0 Å². The Kier molecular flexibility index (Phi) is 5.58. The van der Waals surface area contributed by atoms with E-state index in [9.17, 15) is 5.11 Å². The van der Waals surface area contributed by atoms with Crippen LogP contribution in [-0.2, 0) is 4.74 Å². The molecule has 0 aromatic carbocycles. The van der Waals surface area contributed by atoms with Gasteiger partial charge in [-0.1, -0.05) is 12.8 Å². The molecule has 1 aliphatic carbocycles. The Morgan fingerprint density at radius 2 is 1.87 bits per heavy atom. The average molecular weight is 215 g/mol. The van der Waals surface area contributed by atoms with Crippen LogP contribution in [0.15, 0.2) is 0 Å². The first kappa shape index (κ1) is 12.9. The maximum absolute atomic E-state index is 9.32. The van der Waals surface area contributed by atoms with Gasteiger partial charge in [-0.25, -0.2) is 0 Å². The highest BCUT2D eigenvalue weighted by atomic mass is 16.5. The minimum absolute atomic E-state index is 0.0645. The van der Waals surface area contributed by atoms with E-state index in [4.69, 9.17) is 10.5 Å². The lowest BCUT2D eigenvalue weighted by atomic mass is 9.80. The number of ether oxygens (including phenoxy) is 1. The summed E-state index contributed by atoms with van der Waals surface area (Å²) in [7, 11) is 0. The van der Waals surface area contributed by atoms with Crippen LogP contribution < -0.4 is 5.73 Å². The molecule has 1 aliphatic rings. The highest BCUT2D eigenvalue weighted by Crippen LogP contribution is 2.29. The lowest BCUT2D eigenvalue weighted by Crippen LogP contribution is -2.33. The molecule has 3 nitrogen and oxygen atoms in total. The number of nitrogens with two attached hydrogens (primary N) is 1. The van der Waals surface area contributed by atoms with Gasteiger partial charge in [-0.05, 0) is 45.1 Å². The van der Waals surface area contributed by atoms with Crippen molar-refractivity contribution in [3.05, 3.63) is 0 Å². The molecule has 1 saturated carbocycles. The maximum Gasteiger partial charge on any atom is 0.0803 e. The Morgan fingerprint density at radius 1 is 1.27 bits per heavy atom. The van der Waals surface area contributed by atoms with E-state index in [0.717, 1.165) is 13.2 Å². The smallest absolute Gasteiger partial charge is 0.0803 e. The van der Waals surface area contributed by atoms with E-state index in [0.29, 0.717) is 11.8 Å². The van der Waals surface area contributed by atoms with E-state index in [1.54, 1.807) is 6.92 Å². The Bertz CT molecular complexity index is 173. The summed E-state index contributed by atoms with van der Waals surface area (Å²) >= 11 is 0. The van der Waals surface area contributed by atoms with E-state index < -0.39 is 0 Å². The normalized spacial score (nSPS) is 31.2. The fourth-order valence-corrected chi connectivity index (χ4v) is 2.23. The summed E-state index contributed by atoms with van der Waals surface area (Å²) in [5, 5.41) is 9.32. The van der Waals surface area contributed by atoms with E-state index in [1.807, 2.05) is 6.92 Å². The number of rotatable bonds is 5. The Balaban J connectivity index is 2.29. The van der Waals surface area contributed by atoms with Gasteiger partial charge in [-0.2, -0.15) is 0 Å². The Hall–Kier alpha value is -0.120. The van der Waals surface area contributed by atoms with Gasteiger partial charge >= 0.3 is 0 Å². The van der Waals surface area contributed by atoms with Crippen LogP contribution in [0.2, 0.25) is 0 Å². The van der Waals surface area contributed by atoms with Crippen LogP contribution in [-0.4, -0.2) is 30.5 Å². The number of hydrogen-bond donors (Lipinski definition) is 2. The Labute approximate surface area is 93.0 Å². The summed E-state index contributed by atoms with van der Waals surface area (Å²) in [5.41, 5.74) is 5.75. The molecule has 3 N–H and O–H groups in total. The molecule has 0 heterocycles. The minimum Gasteiger partial charge on any atom is -0.391 e. The van der Waals surface area contributed by atoms with Crippen molar-refractivity contribution < 1.29 is 9.84 Å². The van der Waals surface area contributed by atoms with Crippen molar-refractivity contribution in [2.45, 2.75) is 51.7 Å². The molecule has 0 saturated heterocycles. The summed E-state index contributed by atoms with van der Waals surface area (Å²) < 4.78 is 5.67. The van der Waals surface area contributed by atoms with Gasteiger partial charge in [0.05, 0.1) is 18.8 Å². The van der Waals surface area contributed by atoms with Gasteiger partial charge in [0, 0.05) is 0 Å². The van der Waals surface area contributed by atoms with Gasteiger partial charge in [0.25, 0.3) is 0 Å². The molecule has 0 aliphatic heterocycles. The quantitative estimate of drug-likeness (QED) is 0.731. The van der Waals surface area contributed by atoms with E-state index in [2.05, 4.69) is 0 Å². The van der Waals surface area contributed by atoms with Gasteiger partial charge in [0.1, 0.15) is 0 Å². The number of hydrogen-bond acceptors (Lipinski definition) is 3. The molecule has 0 bridgehead atoms. The minimum atomic E-state index is -0.384. The molecular weight excluding hydrogens is 190 g/mol. The zero-order valence-electron chi connectivity index (χ0n) is 9.98. The summed E-state index contributed by atoms with van der Waals surface area (Å²) in [4.78, 5) is 0. The van der Waals surface area contributed by atoms with Crippen molar-refractivity contribution in [2.75, 3.05) is 13.2 Å². The second-order valence-electron chi connectivity index (χ2n) is 4.82. The predicted molar refractivity (Wildman–Crippen MR) is 61.6 cm³/mol. The van der Waals surface area contributed by atoms with Crippen LogP contribution >= 0.6 is 0 Å². The van der Waals surface area contributed by atoms with Crippen molar-refractivity contribution >= 4 is 0 Å². The molecule has 15 heavy (non-hydrogen) atoms. The van der Waals surface area contributed by atoms with Crippen LogP contribution in [0.4, 0.5) is 0 Å². The Morgan fingerprint density at radius 3 is 2.40 bits per heavy atom. The lowest BCUT2D eigenvalue weighted by molar-refractivity contribution is -0.0436. The zero-order valence-corrected chi connectivity index (χ0v) is 9.98. The number of aliphatic hydroxyl groups is 1. The number of aliphatic hydroxyl groups excluding tert-OH is 1. The molecule has 0 amide bonds. The molecule has 1 rings (SSSR count). The summed E-state index contributed by atoms with van der Waals surface area (Å²) in [6, 6.07) is 0. The van der Waals surface area contributed by atoms with Gasteiger partial charge in [0.2, 0.25) is 0 Å². The van der Waals surface area contributed by atoms with Crippen molar-refractivity contribution in [3.63, 3.8) is 0 Å². The average Bonchev–Trinajstić information content (AvgIpc) is 2.26. The fourth-order valence-electron chi connectivity index (χ4n) is 2.23. The van der Waals surface area contributed by atoms with Crippen LogP contribution in [0.1, 0.15) is 39.5 Å². The van der Waals surface area contributed by atoms with E-state index in [1.165, 1.54) is 25.7 Å². The standard InChI is InChI=1S/C12H25NO2/c1-9(14)10(2)15-8-12-6-4-3-5-11(12)7-13/h9-12,14H,3-8,13H2,1-2H3. The van der Waals surface area contributed by atoms with Crippen molar-refractivity contribution in [3.8, 4) is 0 Å². The fraction of sp³-hybridized carbons (Fsp3) is 1.00. The van der Waals surface area contributed by atoms with Gasteiger partial charge in [0.15, 0.2) is 0 Å². The first-order valence-corrected chi connectivity index (χ1v) is 6.15. The monoisotopic (exact) mass is 215 g/mol. The maximum atomic E-state index is 9.32. The molecule has 0 radical (unpaired) electrons. The van der Waals surface area contributed by atoms with E-state index in [-0.39, 0.29) is 12.2 Å². The summed E-state index contributed by atoms with van der Waals surface area (Å²) in [5.74, 6) is 1.23. The van der Waals surface area contributed by atoms with Crippen LogP contribution in [0.5, 0.6) is 0 Å². The molecule has 0 aromatic rings. The van der Waals surface area contributed by atoms with Gasteiger partial charge in [-0.15, -0.1) is 0 Å². The zero-order chi connectivity index (χ0) is 11.3. The highest BCUT2D eigenvalue weighted by Gasteiger charge is 2.25. The molecule has 4 atom stereocenters. The largest absolute Gasteiger partial charge is 0.391 e. The molecule has 1 fully saturated rings. The third kappa shape index (κ3) is 4.09. The molecule has 90 valence electrons. The summed E-state index contributed by atoms with van der Waals surface area (Å²) in [6.07, 6.45) is 4.63. The lowest BCUT2D eigenvalue weighted by Gasteiger charge is -2.31.